The lowest BCUT2D eigenvalue weighted by atomic mass is 9.53. The van der Waals surface area contributed by atoms with Crippen LogP contribution < -0.4 is 9.05 Å². The zero-order chi connectivity index (χ0) is 47.9. The third-order valence-corrected chi connectivity index (χ3v) is 20.0. The van der Waals surface area contributed by atoms with E-state index < -0.39 is 7.82 Å². The maximum absolute atomic E-state index is 14.8. The summed E-state index contributed by atoms with van der Waals surface area (Å²) in [6.07, 6.45) is 36.1. The van der Waals surface area contributed by atoms with E-state index in [9.17, 15) is 9.46 Å². The van der Waals surface area contributed by atoms with E-state index in [0.717, 1.165) is 132 Å². The van der Waals surface area contributed by atoms with E-state index in [1.54, 1.807) is 0 Å². The largest absolute Gasteiger partial charge is 0.584 e. The van der Waals surface area contributed by atoms with Crippen molar-refractivity contribution in [3.05, 3.63) is 72.1 Å². The highest BCUT2D eigenvalue weighted by atomic mass is 31.2. The number of phosphoric acid groups is 1. The molecule has 1 N–H and O–H groups in total. The van der Waals surface area contributed by atoms with E-state index >= 15 is 0 Å². The van der Waals surface area contributed by atoms with Crippen molar-refractivity contribution in [1.29, 1.82) is 0 Å². The van der Waals surface area contributed by atoms with Gasteiger partial charge < -0.3 is 9.05 Å². The van der Waals surface area contributed by atoms with E-state index in [0.29, 0.717) is 34.0 Å². The first kappa shape index (κ1) is 46.3. The molecule has 9 aliphatic rings. The molecule has 3 heterocycles. The summed E-state index contributed by atoms with van der Waals surface area (Å²) in [5, 5.41) is 23.8. The second-order valence-corrected chi connectivity index (χ2v) is 25.7. The number of hydrogen-bond donors (Lipinski definition) is 1. The van der Waals surface area contributed by atoms with E-state index in [1.165, 1.54) is 114 Å². The molecule has 8 bridgehead atoms. The zero-order valence-corrected chi connectivity index (χ0v) is 43.3. The average Bonchev–Trinajstić information content (AvgIpc) is 4.03. The predicted octanol–water partition coefficient (Wildman–Crippen LogP) is 15.7. The van der Waals surface area contributed by atoms with E-state index in [4.69, 9.17) is 29.7 Å². The lowest BCUT2D eigenvalue weighted by Crippen LogP contribution is -2.52. The minimum atomic E-state index is -4.81. The molecular weight excluding hydrogens is 900 g/mol. The summed E-state index contributed by atoms with van der Waals surface area (Å²) >= 11 is 0. The van der Waals surface area contributed by atoms with Gasteiger partial charge in [-0.3, -0.25) is 4.89 Å². The molecule has 1 aliphatic heterocycles. The van der Waals surface area contributed by atoms with Crippen molar-refractivity contribution in [2.24, 2.45) is 35.5 Å². The Kier molecular flexibility index (Phi) is 12.0. The Bertz CT molecular complexity index is 2760. The highest BCUT2D eigenvalue weighted by molar-refractivity contribution is 7.48. The molecule has 71 heavy (non-hydrogen) atoms. The number of unbranched alkanes of at least 4 members (excludes halogenated alkanes) is 10. The molecule has 0 radical (unpaired) electrons. The van der Waals surface area contributed by atoms with Crippen LogP contribution in [0.1, 0.15) is 179 Å². The Morgan fingerprint density at radius 3 is 1.28 bits per heavy atom. The van der Waals surface area contributed by atoms with Gasteiger partial charge in [-0.1, -0.05) is 125 Å². The number of rotatable bonds is 18. The summed E-state index contributed by atoms with van der Waals surface area (Å²) in [5.41, 5.74) is 6.64. The summed E-state index contributed by atoms with van der Waals surface area (Å²) in [6, 6.07) is 17.9. The molecule has 8 saturated carbocycles. The number of nitrogens with zero attached hydrogens (tertiary/aromatic N) is 6. The van der Waals surface area contributed by atoms with Crippen LogP contribution in [0.5, 0.6) is 11.5 Å². The highest BCUT2D eigenvalue weighted by Gasteiger charge is 2.54. The van der Waals surface area contributed by atoms with Gasteiger partial charge in [-0.05, 0) is 183 Å². The second kappa shape index (κ2) is 18.4. The van der Waals surface area contributed by atoms with Crippen molar-refractivity contribution in [3.63, 3.8) is 0 Å². The predicted molar refractivity (Wildman–Crippen MR) is 282 cm³/mol. The van der Waals surface area contributed by atoms with Gasteiger partial charge in [0.25, 0.3) is 0 Å². The van der Waals surface area contributed by atoms with Crippen LogP contribution in [0.25, 0.3) is 55.2 Å². The Balaban J connectivity index is 0.981. The SMILES string of the molecule is CCCCCCCCc1ccc2c3c(c(-c4cn(C56CC7CC(CC(C7)C5)C6)nn4)cc2c1)OP(=O)(O)Oc1c(-c2cn(C45CC6CC(CC(C6)C4)C5)nn2)cc2cc(CCCCCCCC)ccc2c1-3. The Hall–Kier alpha value is -4.53. The van der Waals surface area contributed by atoms with Gasteiger partial charge in [0, 0.05) is 22.3 Å². The highest BCUT2D eigenvalue weighted by Crippen LogP contribution is 2.63. The second-order valence-electron chi connectivity index (χ2n) is 24.4. The third kappa shape index (κ3) is 8.57. The molecule has 0 saturated heterocycles. The average molecular weight is 975 g/mol. The summed E-state index contributed by atoms with van der Waals surface area (Å²) in [6.45, 7) is 4.55. The lowest BCUT2D eigenvalue weighted by Gasteiger charge is -2.56. The molecule has 0 unspecified atom stereocenters. The summed E-state index contributed by atoms with van der Waals surface area (Å²) < 4.78 is 32.3. The van der Waals surface area contributed by atoms with Crippen molar-refractivity contribution < 1.29 is 18.5 Å². The van der Waals surface area contributed by atoms with Crippen LogP contribution >= 0.6 is 7.82 Å². The van der Waals surface area contributed by atoms with Crippen molar-refractivity contribution in [3.8, 4) is 45.1 Å². The number of aryl methyl sites for hydroxylation is 2. The molecule has 0 atom stereocenters. The van der Waals surface area contributed by atoms with Crippen LogP contribution in [0.15, 0.2) is 60.9 Å². The molecule has 11 heteroatoms. The van der Waals surface area contributed by atoms with Gasteiger partial charge in [0.15, 0.2) is 11.5 Å². The Morgan fingerprint density at radius 2 is 0.901 bits per heavy atom. The minimum Gasteiger partial charge on any atom is -0.394 e. The fraction of sp³-hybridized carbons (Fsp3) is 0.600. The number of aromatic nitrogens is 6. The van der Waals surface area contributed by atoms with E-state index in [-0.39, 0.29) is 11.1 Å². The number of benzene rings is 4. The van der Waals surface area contributed by atoms with Crippen LogP contribution in [0.4, 0.5) is 0 Å². The number of hydrogen-bond acceptors (Lipinski definition) is 7. The third-order valence-electron chi connectivity index (χ3n) is 19.1. The Morgan fingerprint density at radius 1 is 0.535 bits per heavy atom. The lowest BCUT2D eigenvalue weighted by molar-refractivity contribution is -0.0503. The molecule has 6 aromatic rings. The summed E-state index contributed by atoms with van der Waals surface area (Å²) in [5.74, 6) is 5.11. The van der Waals surface area contributed by atoms with E-state index in [2.05, 4.69) is 84.1 Å². The maximum atomic E-state index is 14.8. The first-order chi connectivity index (χ1) is 34.6. The van der Waals surface area contributed by atoms with Gasteiger partial charge in [-0.2, -0.15) is 0 Å². The van der Waals surface area contributed by atoms with Crippen LogP contribution in [0, 0.1) is 35.5 Å². The van der Waals surface area contributed by atoms with Crippen molar-refractivity contribution >= 4 is 29.4 Å². The van der Waals surface area contributed by atoms with Crippen LogP contribution in [-0.2, 0) is 28.5 Å². The smallest absolute Gasteiger partial charge is 0.394 e. The molecule has 8 aliphatic carbocycles. The van der Waals surface area contributed by atoms with Gasteiger partial charge in [0.1, 0.15) is 11.4 Å². The van der Waals surface area contributed by atoms with Crippen molar-refractivity contribution in [1.82, 2.24) is 30.0 Å². The monoisotopic (exact) mass is 975 g/mol. The maximum Gasteiger partial charge on any atom is 0.584 e. The number of fused-ring (bicyclic) bond motifs is 7. The fourth-order valence-corrected chi connectivity index (χ4v) is 17.5. The topological polar surface area (TPSA) is 117 Å². The van der Waals surface area contributed by atoms with Gasteiger partial charge in [-0.15, -0.1) is 10.2 Å². The molecule has 2 aromatic heterocycles. The molecule has 4 aromatic carbocycles. The molecule has 0 spiro atoms. The Labute approximate surface area is 420 Å². The van der Waals surface area contributed by atoms with Gasteiger partial charge >= 0.3 is 7.82 Å². The van der Waals surface area contributed by atoms with E-state index in [1.807, 2.05) is 0 Å². The zero-order valence-electron chi connectivity index (χ0n) is 42.4. The number of phosphoric ester groups is 1. The molecular formula is C60H75N6O4P. The summed E-state index contributed by atoms with van der Waals surface area (Å²) in [4.78, 5) is 12.1. The molecule has 0 amide bonds. The first-order valence-corrected chi connectivity index (χ1v) is 29.9. The van der Waals surface area contributed by atoms with Gasteiger partial charge in [-0.25, -0.2) is 13.9 Å². The molecule has 374 valence electrons. The first-order valence-electron chi connectivity index (χ1n) is 28.4. The van der Waals surface area contributed by atoms with Crippen LogP contribution in [-0.4, -0.2) is 34.9 Å². The quantitative estimate of drug-likeness (QED) is 0.0668. The minimum absolute atomic E-state index is 0.0349. The van der Waals surface area contributed by atoms with Crippen LogP contribution in [0.3, 0.4) is 0 Å². The van der Waals surface area contributed by atoms with Gasteiger partial charge in [0.05, 0.1) is 23.5 Å². The van der Waals surface area contributed by atoms with Crippen molar-refractivity contribution in [2.75, 3.05) is 0 Å². The van der Waals surface area contributed by atoms with Gasteiger partial charge in [0.2, 0.25) is 0 Å². The molecule has 8 fully saturated rings. The standard InChI is InChI=1S/C60H75N6O4P/c1-3-5-7-9-11-13-15-39-17-19-49-47(27-39)29-51(53-37-65(63-61-53)59-31-41-21-42(32-59)23-43(22-41)33-59)57-55(49)56-50-20-18-40(16-14-12-10-8-6-4-2)28-48(50)30-52(58(56)70-71(67,68)69-57)54-38-66(64-62-54)60-34-44-24-45(35-60)26-46(25-44)36-60/h17-20,27-30,37-38,41-46H,3-16,21-26,31-36H2,1-2H3,(H,67,68). The van der Waals surface area contributed by atoms with Crippen LogP contribution in [0.2, 0.25) is 0 Å². The summed E-state index contributed by atoms with van der Waals surface area (Å²) in [7, 11) is -4.81. The molecule has 10 nitrogen and oxygen atoms in total. The fourth-order valence-electron chi connectivity index (χ4n) is 16.6. The normalized spacial score (nSPS) is 29.9. The van der Waals surface area contributed by atoms with Crippen molar-refractivity contribution in [2.45, 2.75) is 192 Å². The molecule has 15 rings (SSSR count).